The average Bonchev–Trinajstić information content (AvgIpc) is 2.31. The number of nitrogens with one attached hydrogen (secondary N) is 1. The summed E-state index contributed by atoms with van der Waals surface area (Å²) in [4.78, 5) is 0. The average molecular weight is 282 g/mol. The summed E-state index contributed by atoms with van der Waals surface area (Å²) in [5.41, 5.74) is 0. The van der Waals surface area contributed by atoms with Gasteiger partial charge in [0.1, 0.15) is 5.01 Å². The number of H-pyrrole nitrogens is 1. The molecule has 0 saturated heterocycles. The van der Waals surface area contributed by atoms with E-state index in [1.54, 1.807) is 0 Å². The van der Waals surface area contributed by atoms with Gasteiger partial charge in [-0.25, -0.2) is 0 Å². The maximum atomic E-state index is 10.5. The first-order chi connectivity index (χ1) is 5.88. The molecule has 1 heterocycles. The van der Waals surface area contributed by atoms with E-state index in [2.05, 4.69) is 22.8 Å². The smallest absolute Gasteiger partial charge is 1.00 e. The van der Waals surface area contributed by atoms with Gasteiger partial charge in [0.2, 0.25) is 0 Å². The molecule has 0 spiro atoms. The molecular weight excluding hydrogens is 275 g/mol. The van der Waals surface area contributed by atoms with E-state index in [0.29, 0.717) is 8.96 Å². The monoisotopic (exact) mass is 282 g/mol. The minimum atomic E-state index is -4.02. The van der Waals surface area contributed by atoms with Gasteiger partial charge in [-0.1, -0.05) is 11.3 Å². The summed E-state index contributed by atoms with van der Waals surface area (Å²) in [6.45, 7) is 0. The maximum absolute atomic E-state index is 10.5. The van der Waals surface area contributed by atoms with Crippen LogP contribution in [0.25, 0.3) is 0 Å². The number of nitrogens with zero attached hydrogens (tertiary/aromatic N) is 1. The maximum Gasteiger partial charge on any atom is 1.00 e. The zero-order chi connectivity index (χ0) is 10.1. The van der Waals surface area contributed by atoms with E-state index in [-0.39, 0.29) is 31.0 Å². The van der Waals surface area contributed by atoms with Gasteiger partial charge in [0.05, 0.1) is 11.0 Å². The normalized spacial score (nSPS) is 13.3. The standard InChI is InChI=1S/C4H6N2O3S4.Na.H/c7-13(8,9)1-2(10)3-5-6-4(11)12-3;;/h2,10H,1H2,(H,6,11)(H,7,8,9);;/q;+1;-1. The summed E-state index contributed by atoms with van der Waals surface area (Å²) in [7, 11) is -4.02. The second-order valence-corrected chi connectivity index (χ2v) is 6.03. The van der Waals surface area contributed by atoms with Gasteiger partial charge in [0, 0.05) is 0 Å². The summed E-state index contributed by atoms with van der Waals surface area (Å²) < 4.78 is 29.9. The molecule has 5 nitrogen and oxygen atoms in total. The van der Waals surface area contributed by atoms with Crippen molar-refractivity contribution in [2.75, 3.05) is 5.75 Å². The molecule has 0 bridgehead atoms. The van der Waals surface area contributed by atoms with Gasteiger partial charge < -0.3 is 1.43 Å². The van der Waals surface area contributed by atoms with Crippen molar-refractivity contribution >= 4 is 46.3 Å². The third kappa shape index (κ3) is 5.21. The van der Waals surface area contributed by atoms with Gasteiger partial charge in [-0.15, -0.1) is 0 Å². The van der Waals surface area contributed by atoms with Crippen LogP contribution in [-0.4, -0.2) is 28.9 Å². The third-order valence-corrected chi connectivity index (χ3v) is 3.91. The predicted molar refractivity (Wildman–Crippen MR) is 56.6 cm³/mol. The Balaban J connectivity index is 0. The first-order valence-corrected chi connectivity index (χ1v) is 6.42. The molecule has 0 aliphatic carbocycles. The van der Waals surface area contributed by atoms with Gasteiger partial charge in [-0.05, 0) is 12.2 Å². The molecule has 0 radical (unpaired) electrons. The largest absolute Gasteiger partial charge is 1.00 e. The van der Waals surface area contributed by atoms with E-state index in [4.69, 9.17) is 16.8 Å². The minimum absolute atomic E-state index is 0. The Kier molecular flexibility index (Phi) is 6.39. The van der Waals surface area contributed by atoms with E-state index in [0.717, 1.165) is 11.3 Å². The Labute approximate surface area is 119 Å². The first-order valence-electron chi connectivity index (χ1n) is 3.07. The van der Waals surface area contributed by atoms with Crippen LogP contribution in [0.3, 0.4) is 0 Å². The van der Waals surface area contributed by atoms with E-state index >= 15 is 0 Å². The Hall–Kier alpha value is 1.04. The molecule has 1 atom stereocenters. The van der Waals surface area contributed by atoms with Crippen LogP contribution in [0, 0.1) is 3.95 Å². The first kappa shape index (κ1) is 15.0. The van der Waals surface area contributed by atoms with Crippen LogP contribution in [0.4, 0.5) is 0 Å². The van der Waals surface area contributed by atoms with Crippen LogP contribution in [0.5, 0.6) is 0 Å². The molecule has 10 heteroatoms. The molecule has 1 aromatic rings. The van der Waals surface area contributed by atoms with Crippen LogP contribution in [0.2, 0.25) is 0 Å². The SMILES string of the molecule is O=S(=O)(O)CC(S)c1n[nH]c(=S)s1.[H-].[Na+]. The van der Waals surface area contributed by atoms with E-state index < -0.39 is 21.1 Å². The number of rotatable bonds is 3. The predicted octanol–water partition coefficient (Wildman–Crippen LogP) is -1.82. The van der Waals surface area contributed by atoms with E-state index in [9.17, 15) is 8.42 Å². The van der Waals surface area contributed by atoms with E-state index in [1.807, 2.05) is 0 Å². The molecule has 1 unspecified atom stereocenters. The van der Waals surface area contributed by atoms with Crippen molar-refractivity contribution in [2.45, 2.75) is 5.25 Å². The molecule has 0 amide bonds. The molecule has 0 fully saturated rings. The molecular formula is C4H7N2NaO3S4. The number of hydrogen-bond acceptors (Lipinski definition) is 6. The number of thiol groups is 1. The van der Waals surface area contributed by atoms with Crippen LogP contribution >= 0.6 is 36.2 Å². The molecule has 76 valence electrons. The van der Waals surface area contributed by atoms with Gasteiger partial charge >= 0.3 is 29.6 Å². The second-order valence-electron chi connectivity index (χ2n) is 2.22. The fraction of sp³-hybridized carbons (Fsp3) is 0.500. The molecule has 14 heavy (non-hydrogen) atoms. The molecule has 2 N–H and O–H groups in total. The van der Waals surface area contributed by atoms with Crippen molar-refractivity contribution in [1.82, 2.24) is 10.2 Å². The molecule has 0 saturated carbocycles. The topological polar surface area (TPSA) is 83.1 Å². The van der Waals surface area contributed by atoms with Crippen LogP contribution < -0.4 is 29.6 Å². The fourth-order valence-corrected chi connectivity index (χ4v) is 2.99. The van der Waals surface area contributed by atoms with Crippen molar-refractivity contribution in [3.63, 3.8) is 0 Å². The molecule has 0 aliphatic rings. The van der Waals surface area contributed by atoms with Gasteiger partial charge in [-0.3, -0.25) is 9.65 Å². The quantitative estimate of drug-likeness (QED) is 0.263. The Morgan fingerprint density at radius 3 is 2.71 bits per heavy atom. The van der Waals surface area contributed by atoms with Crippen molar-refractivity contribution in [2.24, 2.45) is 0 Å². The van der Waals surface area contributed by atoms with Crippen molar-refractivity contribution in [3.8, 4) is 0 Å². The summed E-state index contributed by atoms with van der Waals surface area (Å²) >= 11 is 9.85. The Morgan fingerprint density at radius 1 is 1.79 bits per heavy atom. The zero-order valence-electron chi connectivity index (χ0n) is 8.17. The van der Waals surface area contributed by atoms with Crippen molar-refractivity contribution in [1.29, 1.82) is 0 Å². The fourth-order valence-electron chi connectivity index (χ4n) is 0.655. The molecule has 1 rings (SSSR count). The van der Waals surface area contributed by atoms with Gasteiger partial charge in [0.25, 0.3) is 10.1 Å². The van der Waals surface area contributed by atoms with Crippen LogP contribution in [0.1, 0.15) is 11.7 Å². The van der Waals surface area contributed by atoms with Gasteiger partial charge in [-0.2, -0.15) is 26.1 Å². The second kappa shape index (κ2) is 5.94. The van der Waals surface area contributed by atoms with Crippen LogP contribution in [0.15, 0.2) is 0 Å². The summed E-state index contributed by atoms with van der Waals surface area (Å²) in [6.07, 6.45) is 0. The van der Waals surface area contributed by atoms with E-state index in [1.165, 1.54) is 0 Å². The molecule has 0 aromatic carbocycles. The Morgan fingerprint density at radius 2 is 2.36 bits per heavy atom. The van der Waals surface area contributed by atoms with Gasteiger partial charge in [0.15, 0.2) is 3.95 Å². The summed E-state index contributed by atoms with van der Waals surface area (Å²) in [5, 5.41) is 6.04. The van der Waals surface area contributed by atoms with Crippen molar-refractivity contribution in [3.05, 3.63) is 8.96 Å². The minimum Gasteiger partial charge on any atom is -1.00 e. The Bertz CT molecular complexity index is 443. The molecule has 1 aromatic heterocycles. The third-order valence-electron chi connectivity index (χ3n) is 1.11. The number of aromatic nitrogens is 2. The summed E-state index contributed by atoms with van der Waals surface area (Å²) in [6, 6.07) is 0. The number of aromatic amines is 1. The van der Waals surface area contributed by atoms with Crippen LogP contribution in [-0.2, 0) is 10.1 Å². The zero-order valence-corrected chi connectivity index (χ0v) is 12.5. The number of hydrogen-bond donors (Lipinski definition) is 3. The van der Waals surface area contributed by atoms with Crippen molar-refractivity contribution < 1.29 is 44.0 Å². The molecule has 0 aliphatic heterocycles. The summed E-state index contributed by atoms with van der Waals surface area (Å²) in [5.74, 6) is -0.466.